The largest absolute Gasteiger partial charge is 0.337 e. The quantitative estimate of drug-likeness (QED) is 0.803. The highest BCUT2D eigenvalue weighted by atomic mass is 79.9. The number of hydrogen-bond acceptors (Lipinski definition) is 3. The molecule has 0 spiro atoms. The molecule has 0 aliphatic rings. The number of carbonyl (C=O) groups is 1. The van der Waals surface area contributed by atoms with Crippen LogP contribution in [0.3, 0.4) is 0 Å². The van der Waals surface area contributed by atoms with Crippen molar-refractivity contribution in [1.82, 2.24) is 14.7 Å². The number of aromatic nitrogens is 2. The van der Waals surface area contributed by atoms with Gasteiger partial charge in [0.1, 0.15) is 0 Å². The summed E-state index contributed by atoms with van der Waals surface area (Å²) in [5.74, 6) is -0.00678. The van der Waals surface area contributed by atoms with Crippen LogP contribution in [-0.2, 0) is 13.6 Å². The van der Waals surface area contributed by atoms with Crippen LogP contribution in [0.1, 0.15) is 15.9 Å². The van der Waals surface area contributed by atoms with Gasteiger partial charge in [-0.05, 0) is 37.9 Å². The van der Waals surface area contributed by atoms with Crippen molar-refractivity contribution in [1.29, 1.82) is 0 Å². The van der Waals surface area contributed by atoms with E-state index in [1.807, 2.05) is 19.3 Å². The van der Waals surface area contributed by atoms with Crippen molar-refractivity contribution >= 4 is 49.1 Å². The lowest BCUT2D eigenvalue weighted by Crippen LogP contribution is -2.25. The minimum absolute atomic E-state index is 0.00678. The number of hydrogen-bond donors (Lipinski definition) is 0. The number of carbonyl (C=O) groups excluding carboxylic acids is 1. The van der Waals surface area contributed by atoms with E-state index in [2.05, 4.69) is 37.0 Å². The molecule has 2 aromatic heterocycles. The van der Waals surface area contributed by atoms with Crippen molar-refractivity contribution < 1.29 is 4.79 Å². The van der Waals surface area contributed by atoms with E-state index >= 15 is 0 Å². The summed E-state index contributed by atoms with van der Waals surface area (Å²) in [6.45, 7) is 0.548. The van der Waals surface area contributed by atoms with Crippen molar-refractivity contribution in [2.75, 3.05) is 7.05 Å². The number of amides is 1. The van der Waals surface area contributed by atoms with Gasteiger partial charge in [0.2, 0.25) is 0 Å². The zero-order valence-corrected chi connectivity index (χ0v) is 13.8. The van der Waals surface area contributed by atoms with Crippen LogP contribution in [0.15, 0.2) is 26.0 Å². The van der Waals surface area contributed by atoms with Gasteiger partial charge in [0, 0.05) is 32.4 Å². The lowest BCUT2D eigenvalue weighted by atomic mass is 10.2. The molecule has 0 aromatic carbocycles. The molecule has 18 heavy (non-hydrogen) atoms. The highest BCUT2D eigenvalue weighted by Gasteiger charge is 2.18. The maximum atomic E-state index is 12.2. The average molecular weight is 393 g/mol. The van der Waals surface area contributed by atoms with Gasteiger partial charge in [-0.3, -0.25) is 9.48 Å². The molecule has 0 aliphatic heterocycles. The van der Waals surface area contributed by atoms with Gasteiger partial charge in [-0.1, -0.05) is 0 Å². The first-order valence-corrected chi connectivity index (χ1v) is 7.55. The normalized spacial score (nSPS) is 10.7. The molecular formula is C11H11Br2N3OS. The van der Waals surface area contributed by atoms with Crippen molar-refractivity contribution in [3.8, 4) is 0 Å². The lowest BCUT2D eigenvalue weighted by molar-refractivity contribution is 0.0785. The summed E-state index contributed by atoms with van der Waals surface area (Å²) in [4.78, 5) is 13.9. The summed E-state index contributed by atoms with van der Waals surface area (Å²) in [6.07, 6.45) is 3.67. The Hall–Kier alpha value is -0.660. The summed E-state index contributed by atoms with van der Waals surface area (Å²) in [5, 5.41) is 4.09. The lowest BCUT2D eigenvalue weighted by Gasteiger charge is -2.15. The fraction of sp³-hybridized carbons (Fsp3) is 0.273. The van der Waals surface area contributed by atoms with E-state index in [1.165, 1.54) is 11.3 Å². The van der Waals surface area contributed by atoms with Crippen molar-refractivity contribution in [3.05, 3.63) is 37.2 Å². The van der Waals surface area contributed by atoms with Gasteiger partial charge in [0.25, 0.3) is 5.91 Å². The van der Waals surface area contributed by atoms with Gasteiger partial charge in [0.05, 0.1) is 19.3 Å². The Morgan fingerprint density at radius 3 is 2.78 bits per heavy atom. The third-order valence-electron chi connectivity index (χ3n) is 2.41. The fourth-order valence-corrected chi connectivity index (χ4v) is 4.37. The predicted molar refractivity (Wildman–Crippen MR) is 78.7 cm³/mol. The Morgan fingerprint density at radius 1 is 1.56 bits per heavy atom. The zero-order chi connectivity index (χ0) is 13.3. The molecule has 2 heterocycles. The molecule has 4 nitrogen and oxygen atoms in total. The molecule has 0 atom stereocenters. The Bertz CT molecular complexity index is 579. The molecule has 96 valence electrons. The number of aryl methyl sites for hydroxylation is 1. The van der Waals surface area contributed by atoms with Gasteiger partial charge in [-0.2, -0.15) is 5.10 Å². The van der Waals surface area contributed by atoms with Gasteiger partial charge < -0.3 is 4.90 Å². The second-order valence-electron chi connectivity index (χ2n) is 3.92. The number of nitrogens with zero attached hydrogens (tertiary/aromatic N) is 3. The number of halogens is 2. The fourth-order valence-electron chi connectivity index (χ4n) is 1.59. The molecule has 2 aromatic rings. The third kappa shape index (κ3) is 3.02. The molecule has 0 radical (unpaired) electrons. The van der Waals surface area contributed by atoms with Crippen molar-refractivity contribution in [2.24, 2.45) is 7.05 Å². The monoisotopic (exact) mass is 391 g/mol. The molecule has 2 rings (SSSR count). The van der Waals surface area contributed by atoms with Crippen LogP contribution in [-0.4, -0.2) is 27.6 Å². The molecule has 0 saturated carbocycles. The second-order valence-corrected chi connectivity index (χ2v) is 7.67. The highest BCUT2D eigenvalue weighted by Crippen LogP contribution is 2.32. The van der Waals surface area contributed by atoms with Crippen LogP contribution in [0.25, 0.3) is 0 Å². The van der Waals surface area contributed by atoms with Gasteiger partial charge in [-0.15, -0.1) is 11.3 Å². The molecule has 0 N–H and O–H groups in total. The first-order chi connectivity index (χ1) is 8.47. The minimum Gasteiger partial charge on any atom is -0.337 e. The summed E-state index contributed by atoms with van der Waals surface area (Å²) >= 11 is 8.27. The van der Waals surface area contributed by atoms with Gasteiger partial charge >= 0.3 is 0 Å². The van der Waals surface area contributed by atoms with Crippen LogP contribution in [0.5, 0.6) is 0 Å². The number of thiophene rings is 1. The first kappa shape index (κ1) is 13.8. The molecule has 0 saturated heterocycles. The summed E-state index contributed by atoms with van der Waals surface area (Å²) in [6, 6.07) is 1.83. The SMILES string of the molecule is CN(Cc1cnn(C)c1)C(=O)c1cc(Br)sc1Br. The molecular weight excluding hydrogens is 382 g/mol. The summed E-state index contributed by atoms with van der Waals surface area (Å²) in [7, 11) is 3.64. The van der Waals surface area contributed by atoms with Crippen LogP contribution >= 0.6 is 43.2 Å². The summed E-state index contributed by atoms with van der Waals surface area (Å²) in [5.41, 5.74) is 1.69. The van der Waals surface area contributed by atoms with E-state index in [9.17, 15) is 4.79 Å². The van der Waals surface area contributed by atoms with E-state index in [1.54, 1.807) is 22.8 Å². The molecule has 0 fully saturated rings. The standard InChI is InChI=1S/C11H11Br2N3OS/c1-15(5-7-4-14-16(2)6-7)11(17)8-3-9(12)18-10(8)13/h3-4,6H,5H2,1-2H3. The predicted octanol–water partition coefficient (Wildman–Crippen LogP) is 3.28. The Labute approximate surface area is 126 Å². The van der Waals surface area contributed by atoms with E-state index < -0.39 is 0 Å². The summed E-state index contributed by atoms with van der Waals surface area (Å²) < 4.78 is 3.51. The Morgan fingerprint density at radius 2 is 2.28 bits per heavy atom. The third-order valence-corrected chi connectivity index (χ3v) is 4.75. The maximum absolute atomic E-state index is 12.2. The van der Waals surface area contributed by atoms with Crippen LogP contribution in [0.4, 0.5) is 0 Å². The topological polar surface area (TPSA) is 38.1 Å². The molecule has 0 aliphatic carbocycles. The van der Waals surface area contributed by atoms with E-state index in [0.29, 0.717) is 12.1 Å². The minimum atomic E-state index is -0.00678. The first-order valence-electron chi connectivity index (χ1n) is 5.15. The Balaban J connectivity index is 2.11. The highest BCUT2D eigenvalue weighted by molar-refractivity contribution is 9.12. The van der Waals surface area contributed by atoms with Crippen LogP contribution in [0, 0.1) is 0 Å². The Kier molecular flexibility index (Phi) is 4.24. The van der Waals surface area contributed by atoms with Gasteiger partial charge in [-0.25, -0.2) is 0 Å². The molecule has 0 unspecified atom stereocenters. The molecule has 7 heteroatoms. The van der Waals surface area contributed by atoms with E-state index in [4.69, 9.17) is 0 Å². The smallest absolute Gasteiger partial charge is 0.255 e. The number of rotatable bonds is 3. The van der Waals surface area contributed by atoms with Crippen LogP contribution < -0.4 is 0 Å². The van der Waals surface area contributed by atoms with E-state index in [0.717, 1.165) is 13.1 Å². The van der Waals surface area contributed by atoms with E-state index in [-0.39, 0.29) is 5.91 Å². The average Bonchev–Trinajstić information content (AvgIpc) is 2.84. The molecule has 1 amide bonds. The molecule has 0 bridgehead atoms. The second kappa shape index (κ2) is 5.54. The van der Waals surface area contributed by atoms with Crippen molar-refractivity contribution in [2.45, 2.75) is 6.54 Å². The maximum Gasteiger partial charge on any atom is 0.255 e. The van der Waals surface area contributed by atoms with Gasteiger partial charge in [0.15, 0.2) is 0 Å². The zero-order valence-electron chi connectivity index (χ0n) is 9.85. The van der Waals surface area contributed by atoms with Crippen molar-refractivity contribution in [3.63, 3.8) is 0 Å². The van der Waals surface area contributed by atoms with Crippen LogP contribution in [0.2, 0.25) is 0 Å².